The van der Waals surface area contributed by atoms with Crippen molar-refractivity contribution in [1.82, 2.24) is 19.3 Å². The van der Waals surface area contributed by atoms with E-state index < -0.39 is 18.5 Å². The lowest BCUT2D eigenvalue weighted by Gasteiger charge is -2.34. The first-order valence-electron chi connectivity index (χ1n) is 13.1. The van der Waals surface area contributed by atoms with Crippen LogP contribution in [0.25, 0.3) is 11.0 Å². The molecule has 0 unspecified atom stereocenters. The van der Waals surface area contributed by atoms with Crippen LogP contribution in [0.15, 0.2) is 24.5 Å². The van der Waals surface area contributed by atoms with Crippen molar-refractivity contribution in [3.8, 4) is 0 Å². The van der Waals surface area contributed by atoms with E-state index in [4.69, 9.17) is 9.72 Å². The minimum atomic E-state index is -2.58. The van der Waals surface area contributed by atoms with Gasteiger partial charge < -0.3 is 14.4 Å². The van der Waals surface area contributed by atoms with Crippen molar-refractivity contribution in [3.63, 3.8) is 0 Å². The van der Waals surface area contributed by atoms with Gasteiger partial charge in [-0.3, -0.25) is 14.4 Å². The summed E-state index contributed by atoms with van der Waals surface area (Å²) in [6, 6.07) is 3.99. The number of carbonyl (C=O) groups excluding carboxylic acids is 1. The normalized spacial score (nSPS) is 22.5. The molecule has 1 aliphatic carbocycles. The van der Waals surface area contributed by atoms with E-state index in [1.165, 1.54) is 24.2 Å². The van der Waals surface area contributed by atoms with Crippen molar-refractivity contribution >= 4 is 28.8 Å². The van der Waals surface area contributed by atoms with Gasteiger partial charge in [0.25, 0.3) is 6.43 Å². The van der Waals surface area contributed by atoms with Crippen molar-refractivity contribution in [2.45, 2.75) is 83.3 Å². The molecule has 0 bridgehead atoms. The summed E-state index contributed by atoms with van der Waals surface area (Å²) in [5, 5.41) is 13.6. The summed E-state index contributed by atoms with van der Waals surface area (Å²) in [6.45, 7) is 4.36. The second-order valence-electron chi connectivity index (χ2n) is 10.5. The number of carboxylic acid groups (broad SMARTS) is 1. The van der Waals surface area contributed by atoms with E-state index in [2.05, 4.69) is 9.67 Å². The highest BCUT2D eigenvalue weighted by Crippen LogP contribution is 2.41. The average Bonchev–Trinajstić information content (AvgIpc) is 3.53. The van der Waals surface area contributed by atoms with Crippen LogP contribution in [0.2, 0.25) is 0 Å². The molecule has 0 saturated heterocycles. The molecule has 11 heteroatoms. The maximum absolute atomic E-state index is 13.1. The summed E-state index contributed by atoms with van der Waals surface area (Å²) < 4.78 is 35.1. The smallest absolute Gasteiger partial charge is 0.414 e. The molecule has 2 aliphatic rings. The summed E-state index contributed by atoms with van der Waals surface area (Å²) in [5.74, 6) is -0.446. The van der Waals surface area contributed by atoms with Crippen molar-refractivity contribution in [2.75, 3.05) is 12.0 Å². The molecule has 3 aromatic rings. The zero-order valence-corrected chi connectivity index (χ0v) is 21.8. The van der Waals surface area contributed by atoms with Gasteiger partial charge in [-0.15, -0.1) is 0 Å². The molecule has 38 heavy (non-hydrogen) atoms. The Labute approximate surface area is 219 Å². The topological polar surface area (TPSA) is 102 Å². The fourth-order valence-corrected chi connectivity index (χ4v) is 6.06. The molecule has 1 aromatic carbocycles. The summed E-state index contributed by atoms with van der Waals surface area (Å²) in [7, 11) is 1.37. The van der Waals surface area contributed by atoms with E-state index in [1.54, 1.807) is 4.90 Å². The lowest BCUT2D eigenvalue weighted by atomic mass is 9.85. The number of aryl methyl sites for hydroxylation is 1. The minimum Gasteiger partial charge on any atom is -0.481 e. The van der Waals surface area contributed by atoms with Crippen LogP contribution in [0.3, 0.4) is 0 Å². The van der Waals surface area contributed by atoms with Gasteiger partial charge in [-0.05, 0) is 57.6 Å². The summed E-state index contributed by atoms with van der Waals surface area (Å²) in [4.78, 5) is 31.0. The van der Waals surface area contributed by atoms with Gasteiger partial charge in [-0.2, -0.15) is 5.10 Å². The molecule has 5 rings (SSSR count). The third-order valence-corrected chi connectivity index (χ3v) is 8.07. The number of benzene rings is 1. The van der Waals surface area contributed by atoms with E-state index >= 15 is 0 Å². The van der Waals surface area contributed by atoms with Gasteiger partial charge in [-0.25, -0.2) is 18.6 Å². The Morgan fingerprint density at radius 3 is 2.55 bits per heavy atom. The number of hydrogen-bond donors (Lipinski definition) is 1. The Bertz CT molecular complexity index is 1340. The maximum Gasteiger partial charge on any atom is 0.414 e. The molecule has 2 aromatic heterocycles. The van der Waals surface area contributed by atoms with E-state index in [0.717, 1.165) is 41.0 Å². The Morgan fingerprint density at radius 1 is 1.18 bits per heavy atom. The highest BCUT2D eigenvalue weighted by atomic mass is 19.3. The number of carboxylic acids is 1. The van der Waals surface area contributed by atoms with E-state index in [0.29, 0.717) is 32.2 Å². The molecule has 1 aliphatic heterocycles. The largest absolute Gasteiger partial charge is 0.481 e. The summed E-state index contributed by atoms with van der Waals surface area (Å²) >= 11 is 0. The Kier molecular flexibility index (Phi) is 7.11. The summed E-state index contributed by atoms with van der Waals surface area (Å²) in [5.41, 5.74) is 3.41. The van der Waals surface area contributed by atoms with Gasteiger partial charge in [0.2, 0.25) is 0 Å². The van der Waals surface area contributed by atoms with Gasteiger partial charge >= 0.3 is 12.1 Å². The van der Waals surface area contributed by atoms with Crippen LogP contribution in [0.4, 0.5) is 19.3 Å². The van der Waals surface area contributed by atoms with E-state index in [-0.39, 0.29) is 29.5 Å². The first-order valence-corrected chi connectivity index (χ1v) is 13.1. The van der Waals surface area contributed by atoms with Crippen LogP contribution in [-0.2, 0) is 22.5 Å². The number of fused-ring (bicyclic) bond motifs is 3. The maximum atomic E-state index is 13.1. The van der Waals surface area contributed by atoms with Crippen LogP contribution in [-0.4, -0.2) is 49.7 Å². The molecule has 204 valence electrons. The third kappa shape index (κ3) is 4.63. The predicted molar refractivity (Wildman–Crippen MR) is 137 cm³/mol. The number of imidazole rings is 1. The van der Waals surface area contributed by atoms with Crippen LogP contribution in [0, 0.1) is 5.92 Å². The Balaban J connectivity index is 1.58. The van der Waals surface area contributed by atoms with Gasteiger partial charge in [0.05, 0.1) is 48.1 Å². The zero-order valence-electron chi connectivity index (χ0n) is 21.8. The Morgan fingerprint density at radius 2 is 1.92 bits per heavy atom. The van der Waals surface area contributed by atoms with E-state index in [9.17, 15) is 23.5 Å². The first-order chi connectivity index (χ1) is 18.2. The molecule has 1 amide bonds. The number of nitrogens with zero attached hydrogens (tertiary/aromatic N) is 5. The number of rotatable bonds is 6. The Hall–Kier alpha value is -3.50. The number of halogens is 2. The molecule has 0 radical (unpaired) electrons. The predicted octanol–water partition coefficient (Wildman–Crippen LogP) is 5.70. The van der Waals surface area contributed by atoms with Crippen LogP contribution in [0.1, 0.15) is 81.3 Å². The molecular formula is C27H33F2N5O4. The quantitative estimate of drug-likeness (QED) is 0.440. The molecule has 2 atom stereocenters. The number of alkyl halides is 2. The standard InChI is InChI=1S/C27H33F2N5O4/c1-15(13-32-14-18(12-30-32)24(28)29)25-31-23-20-9-4-16(2)33(27(37)38-3)21(20)10-11-22(23)34(25)19-7-5-17(6-8-19)26(35)36/h10-12,14-17,19,24H,4-9,13H2,1-3H3,(H,35,36)/t15-,16+,17?,19?/m1/s1. The number of anilines is 1. The van der Waals surface area contributed by atoms with Crippen LogP contribution >= 0.6 is 0 Å². The zero-order chi connectivity index (χ0) is 27.1. The van der Waals surface area contributed by atoms with Crippen molar-refractivity contribution < 1.29 is 28.2 Å². The molecule has 1 fully saturated rings. The number of methoxy groups -OCH3 is 1. The molecule has 3 heterocycles. The van der Waals surface area contributed by atoms with Gasteiger partial charge in [0, 0.05) is 29.8 Å². The third-order valence-electron chi connectivity index (χ3n) is 8.07. The molecule has 1 N–H and O–H groups in total. The molecule has 1 saturated carbocycles. The molecular weight excluding hydrogens is 496 g/mol. The average molecular weight is 530 g/mol. The van der Waals surface area contributed by atoms with E-state index in [1.807, 2.05) is 26.0 Å². The van der Waals surface area contributed by atoms with Gasteiger partial charge in [0.15, 0.2) is 0 Å². The highest BCUT2D eigenvalue weighted by molar-refractivity contribution is 5.95. The van der Waals surface area contributed by atoms with Gasteiger partial charge in [-0.1, -0.05) is 6.92 Å². The fraction of sp³-hybridized carbons (Fsp3) is 0.556. The summed E-state index contributed by atoms with van der Waals surface area (Å²) in [6.07, 6.45) is 3.68. The first kappa shape index (κ1) is 26.1. The SMILES string of the molecule is COC(=O)N1c2ccc3c(nc([C@H](C)Cn4cc(C(F)F)cn4)n3C3CCC(C(=O)O)CC3)c2CC[C@@H]1C. The van der Waals surface area contributed by atoms with Crippen molar-refractivity contribution in [2.24, 2.45) is 5.92 Å². The number of hydrogen-bond acceptors (Lipinski definition) is 5. The van der Waals surface area contributed by atoms with Crippen LogP contribution < -0.4 is 4.90 Å². The lowest BCUT2D eigenvalue weighted by Crippen LogP contribution is -2.42. The fourth-order valence-electron chi connectivity index (χ4n) is 6.06. The molecule has 9 nitrogen and oxygen atoms in total. The van der Waals surface area contributed by atoms with Crippen LogP contribution in [0.5, 0.6) is 0 Å². The van der Waals surface area contributed by atoms with Gasteiger partial charge in [0.1, 0.15) is 5.82 Å². The monoisotopic (exact) mass is 529 g/mol. The second-order valence-corrected chi connectivity index (χ2v) is 10.5. The minimum absolute atomic E-state index is 0.0111. The van der Waals surface area contributed by atoms with Crippen molar-refractivity contribution in [1.29, 1.82) is 0 Å². The highest BCUT2D eigenvalue weighted by Gasteiger charge is 2.34. The number of aromatic nitrogens is 4. The van der Waals surface area contributed by atoms with Crippen molar-refractivity contribution in [3.05, 3.63) is 41.5 Å². The number of amides is 1. The number of aliphatic carboxylic acids is 1. The number of carbonyl (C=O) groups is 2. The lowest BCUT2D eigenvalue weighted by molar-refractivity contribution is -0.143. The number of ether oxygens (including phenoxy) is 1. The molecule has 0 spiro atoms. The second kappa shape index (κ2) is 10.3.